The summed E-state index contributed by atoms with van der Waals surface area (Å²) in [6, 6.07) is 4.80. The third-order valence-electron chi connectivity index (χ3n) is 6.78. The van der Waals surface area contributed by atoms with E-state index in [4.69, 9.17) is 9.51 Å². The highest BCUT2D eigenvalue weighted by Gasteiger charge is 2.44. The van der Waals surface area contributed by atoms with Gasteiger partial charge in [-0.2, -0.15) is 9.97 Å². The van der Waals surface area contributed by atoms with Gasteiger partial charge in [0.2, 0.25) is 11.9 Å². The van der Waals surface area contributed by atoms with Gasteiger partial charge in [0.05, 0.1) is 0 Å². The molecule has 2 aliphatic heterocycles. The fourth-order valence-electron chi connectivity index (χ4n) is 5.30. The minimum absolute atomic E-state index is 0.274. The average Bonchev–Trinajstić information content (AvgIpc) is 3.45. The van der Waals surface area contributed by atoms with Crippen molar-refractivity contribution in [3.63, 3.8) is 0 Å². The number of piperidine rings is 1. The van der Waals surface area contributed by atoms with Crippen molar-refractivity contribution >= 4 is 23.6 Å². The summed E-state index contributed by atoms with van der Waals surface area (Å²) < 4.78 is 34.4. The van der Waals surface area contributed by atoms with Crippen LogP contribution < -0.4 is 15.1 Å². The van der Waals surface area contributed by atoms with Gasteiger partial charge in [0.25, 0.3) is 0 Å². The summed E-state index contributed by atoms with van der Waals surface area (Å²) in [7, 11) is 0. The Labute approximate surface area is 183 Å². The topological polar surface area (TPSA) is 88.1 Å². The largest absolute Gasteiger partial charge is 0.349 e. The van der Waals surface area contributed by atoms with Crippen LogP contribution in [0.25, 0.3) is 0 Å². The van der Waals surface area contributed by atoms with Crippen molar-refractivity contribution in [2.24, 2.45) is 11.8 Å². The maximum Gasteiger partial charge on any atom is 0.324 e. The van der Waals surface area contributed by atoms with Gasteiger partial charge in [0, 0.05) is 44.0 Å². The van der Waals surface area contributed by atoms with E-state index in [-0.39, 0.29) is 6.04 Å². The van der Waals surface area contributed by atoms with E-state index in [2.05, 4.69) is 25.5 Å². The maximum absolute atomic E-state index is 13.8. The highest BCUT2D eigenvalue weighted by Crippen LogP contribution is 2.40. The van der Waals surface area contributed by atoms with Gasteiger partial charge in [-0.05, 0) is 50.2 Å². The van der Waals surface area contributed by atoms with Crippen LogP contribution in [0, 0.1) is 30.4 Å². The molecule has 9 nitrogen and oxygen atoms in total. The first kappa shape index (κ1) is 19.4. The lowest BCUT2D eigenvalue weighted by atomic mass is 9.92. The van der Waals surface area contributed by atoms with E-state index in [1.54, 1.807) is 6.07 Å². The molecule has 168 valence electrons. The third-order valence-corrected chi connectivity index (χ3v) is 6.78. The number of hydrogen-bond acceptors (Lipinski definition) is 8. The lowest BCUT2D eigenvalue weighted by molar-refractivity contribution is 0.340. The third kappa shape index (κ3) is 3.26. The lowest BCUT2D eigenvalue weighted by Gasteiger charge is -2.37. The van der Waals surface area contributed by atoms with Crippen LogP contribution in [-0.4, -0.2) is 50.6 Å². The minimum Gasteiger partial charge on any atom is -0.349 e. The molecule has 32 heavy (non-hydrogen) atoms. The van der Waals surface area contributed by atoms with Crippen molar-refractivity contribution in [1.29, 1.82) is 0 Å². The molecule has 3 aliphatic rings. The molecule has 3 aromatic rings. The predicted molar refractivity (Wildman–Crippen MR) is 113 cm³/mol. The molecule has 2 fully saturated rings. The van der Waals surface area contributed by atoms with Crippen molar-refractivity contribution in [2.75, 3.05) is 34.8 Å². The van der Waals surface area contributed by atoms with Crippen LogP contribution in [0.4, 0.5) is 32.4 Å². The summed E-state index contributed by atoms with van der Waals surface area (Å²) >= 11 is 0. The second-order valence-electron chi connectivity index (χ2n) is 8.86. The molecule has 1 saturated carbocycles. The Kier molecular flexibility index (Phi) is 4.51. The monoisotopic (exact) mass is 442 g/mol. The molecule has 0 radical (unpaired) electrons. The summed E-state index contributed by atoms with van der Waals surface area (Å²) in [5.41, 5.74) is 0.576. The Balaban J connectivity index is 1.21. The van der Waals surface area contributed by atoms with Gasteiger partial charge in [0.15, 0.2) is 17.5 Å². The molecule has 0 amide bonds. The molecule has 1 unspecified atom stereocenters. The van der Waals surface area contributed by atoms with Gasteiger partial charge in [0.1, 0.15) is 0 Å². The number of anilines is 4. The number of fused-ring (bicyclic) bond motifs is 3. The first-order valence-electron chi connectivity index (χ1n) is 11.0. The fraction of sp³-hybridized carbons (Fsp3) is 0.524. The molecule has 1 N–H and O–H groups in total. The highest BCUT2D eigenvalue weighted by atomic mass is 19.2. The smallest absolute Gasteiger partial charge is 0.324 e. The van der Waals surface area contributed by atoms with Gasteiger partial charge in [-0.15, -0.1) is 5.10 Å². The molecule has 0 spiro atoms. The van der Waals surface area contributed by atoms with Crippen LogP contribution in [0.1, 0.15) is 25.1 Å². The Morgan fingerprint density at radius 2 is 1.88 bits per heavy atom. The van der Waals surface area contributed by atoms with E-state index in [9.17, 15) is 8.78 Å². The number of nitrogens with zero attached hydrogens (tertiary/aromatic N) is 7. The van der Waals surface area contributed by atoms with E-state index in [1.165, 1.54) is 6.07 Å². The minimum atomic E-state index is -0.864. The average molecular weight is 442 g/mol. The quantitative estimate of drug-likeness (QED) is 0.660. The second-order valence-corrected chi connectivity index (χ2v) is 8.86. The Morgan fingerprint density at radius 1 is 1.06 bits per heavy atom. The zero-order valence-corrected chi connectivity index (χ0v) is 17.7. The molecule has 3 atom stereocenters. The Bertz CT molecular complexity index is 1130. The summed E-state index contributed by atoms with van der Waals surface area (Å²) in [5, 5.41) is 12.2. The van der Waals surface area contributed by atoms with Gasteiger partial charge in [-0.3, -0.25) is 0 Å². The zero-order valence-electron chi connectivity index (χ0n) is 17.7. The van der Waals surface area contributed by atoms with Crippen molar-refractivity contribution in [1.82, 2.24) is 24.9 Å². The lowest BCUT2D eigenvalue weighted by Crippen LogP contribution is -2.48. The number of hydrogen-bond donors (Lipinski definition) is 1. The second kappa shape index (κ2) is 7.42. The summed E-state index contributed by atoms with van der Waals surface area (Å²) in [4.78, 5) is 13.2. The van der Waals surface area contributed by atoms with E-state index in [1.807, 2.05) is 16.5 Å². The standard InChI is InChI=1S/C21H24F2N8O/c1-12-24-21(32-28-12)29-10-13-3-4-14(11-29)18(13)25-19-26-20-30(7-2-8-31(20)27-19)15-5-6-16(22)17(23)9-15/h5-6,9,13-14,18H,2-4,7-8,10-11H2,1H3,(H,25,27)/t13-,14?,18-/m0/s1. The number of nitrogens with one attached hydrogen (secondary N) is 1. The van der Waals surface area contributed by atoms with Crippen molar-refractivity contribution in [3.05, 3.63) is 35.7 Å². The molecular formula is C21H24F2N8O. The predicted octanol–water partition coefficient (Wildman–Crippen LogP) is 3.12. The molecule has 4 heterocycles. The number of halogens is 2. The van der Waals surface area contributed by atoms with Gasteiger partial charge in [-0.25, -0.2) is 13.5 Å². The molecule has 2 aromatic heterocycles. The number of rotatable bonds is 4. The van der Waals surface area contributed by atoms with E-state index in [0.717, 1.165) is 45.0 Å². The molecule has 1 saturated heterocycles. The summed E-state index contributed by atoms with van der Waals surface area (Å²) in [6.07, 6.45) is 3.10. The van der Waals surface area contributed by atoms with E-state index >= 15 is 0 Å². The number of aryl methyl sites for hydroxylation is 2. The molecule has 1 aliphatic carbocycles. The van der Waals surface area contributed by atoms with Crippen LogP contribution in [0.5, 0.6) is 0 Å². The van der Waals surface area contributed by atoms with Crippen LogP contribution in [0.2, 0.25) is 0 Å². The Morgan fingerprint density at radius 3 is 2.59 bits per heavy atom. The SMILES string of the molecule is Cc1noc(N2CC3CC[C@@H](C2)[C@@H]3Nc2nc3n(n2)CCCN3c2ccc(F)c(F)c2)n1. The van der Waals surface area contributed by atoms with Gasteiger partial charge < -0.3 is 19.6 Å². The Hall–Kier alpha value is -3.24. The van der Waals surface area contributed by atoms with Gasteiger partial charge in [-0.1, -0.05) is 5.16 Å². The van der Waals surface area contributed by atoms with Crippen LogP contribution >= 0.6 is 0 Å². The first-order chi connectivity index (χ1) is 15.5. The summed E-state index contributed by atoms with van der Waals surface area (Å²) in [6.45, 7) is 4.95. The van der Waals surface area contributed by atoms with Crippen LogP contribution in [-0.2, 0) is 6.54 Å². The first-order valence-corrected chi connectivity index (χ1v) is 11.0. The molecule has 11 heteroatoms. The molecular weight excluding hydrogens is 418 g/mol. The zero-order chi connectivity index (χ0) is 21.8. The number of aromatic nitrogens is 5. The van der Waals surface area contributed by atoms with Crippen molar-refractivity contribution in [2.45, 2.75) is 38.8 Å². The fourth-order valence-corrected chi connectivity index (χ4v) is 5.30. The van der Waals surface area contributed by atoms with Crippen molar-refractivity contribution in [3.8, 4) is 0 Å². The van der Waals surface area contributed by atoms with Crippen LogP contribution in [0.15, 0.2) is 22.7 Å². The maximum atomic E-state index is 13.8. The van der Waals surface area contributed by atoms with E-state index < -0.39 is 11.6 Å². The summed E-state index contributed by atoms with van der Waals surface area (Å²) in [5.74, 6) is 1.03. The number of benzene rings is 1. The molecule has 2 bridgehead atoms. The molecule has 1 aromatic carbocycles. The van der Waals surface area contributed by atoms with Crippen molar-refractivity contribution < 1.29 is 13.3 Å². The molecule has 6 rings (SSSR count). The van der Waals surface area contributed by atoms with Crippen LogP contribution in [0.3, 0.4) is 0 Å². The highest BCUT2D eigenvalue weighted by molar-refractivity contribution is 5.59. The normalized spacial score (nSPS) is 24.7. The van der Waals surface area contributed by atoms with E-state index in [0.29, 0.717) is 47.8 Å². The van der Waals surface area contributed by atoms with Gasteiger partial charge >= 0.3 is 6.01 Å².